The molecule has 0 spiro atoms. The van der Waals surface area contributed by atoms with Gasteiger partial charge in [0.15, 0.2) is 0 Å². The van der Waals surface area contributed by atoms with Crippen LogP contribution in [0, 0.1) is 12.8 Å². The molecule has 4 heteroatoms. The third-order valence-electron chi connectivity index (χ3n) is 4.08. The lowest BCUT2D eigenvalue weighted by atomic mass is 9.93. The van der Waals surface area contributed by atoms with Gasteiger partial charge in [-0.05, 0) is 49.9 Å². The minimum absolute atomic E-state index is 0.0390. The van der Waals surface area contributed by atoms with Crippen molar-refractivity contribution in [3.8, 4) is 5.75 Å². The second kappa shape index (κ2) is 6.75. The van der Waals surface area contributed by atoms with Crippen molar-refractivity contribution in [1.82, 2.24) is 10.6 Å². The van der Waals surface area contributed by atoms with E-state index in [0.29, 0.717) is 24.1 Å². The second-order valence-electron chi connectivity index (χ2n) is 5.57. The molecule has 1 aliphatic rings. The van der Waals surface area contributed by atoms with E-state index in [-0.39, 0.29) is 5.91 Å². The van der Waals surface area contributed by atoms with Gasteiger partial charge in [-0.2, -0.15) is 0 Å². The average molecular weight is 276 g/mol. The van der Waals surface area contributed by atoms with Crippen molar-refractivity contribution in [2.75, 3.05) is 20.2 Å². The van der Waals surface area contributed by atoms with Gasteiger partial charge in [0.2, 0.25) is 0 Å². The minimum atomic E-state index is -0.0390. The Labute approximate surface area is 120 Å². The summed E-state index contributed by atoms with van der Waals surface area (Å²) in [4.78, 5) is 12.2. The van der Waals surface area contributed by atoms with Crippen LogP contribution in [-0.2, 0) is 0 Å². The van der Waals surface area contributed by atoms with Crippen LogP contribution in [0.1, 0.15) is 35.7 Å². The second-order valence-corrected chi connectivity index (χ2v) is 5.57. The number of ether oxygens (including phenoxy) is 1. The van der Waals surface area contributed by atoms with E-state index >= 15 is 0 Å². The highest BCUT2D eigenvalue weighted by Gasteiger charge is 2.21. The third-order valence-corrected chi connectivity index (χ3v) is 4.08. The Balaban J connectivity index is 1.94. The molecule has 1 saturated heterocycles. The van der Waals surface area contributed by atoms with Crippen molar-refractivity contribution in [2.45, 2.75) is 32.7 Å². The summed E-state index contributed by atoms with van der Waals surface area (Å²) in [5.74, 6) is 1.32. The van der Waals surface area contributed by atoms with Crippen molar-refractivity contribution in [1.29, 1.82) is 0 Å². The number of nitrogens with one attached hydrogen (secondary N) is 2. The Bertz CT molecular complexity index is 474. The monoisotopic (exact) mass is 276 g/mol. The molecule has 1 amide bonds. The van der Waals surface area contributed by atoms with E-state index in [2.05, 4.69) is 17.6 Å². The van der Waals surface area contributed by atoms with Gasteiger partial charge in [-0.1, -0.05) is 13.0 Å². The van der Waals surface area contributed by atoms with E-state index in [0.717, 1.165) is 17.9 Å². The molecule has 110 valence electrons. The van der Waals surface area contributed by atoms with Crippen LogP contribution in [0.2, 0.25) is 0 Å². The summed E-state index contributed by atoms with van der Waals surface area (Å²) in [6, 6.07) is 5.92. The molecule has 2 N–H and O–H groups in total. The maximum Gasteiger partial charge on any atom is 0.251 e. The number of rotatable bonds is 4. The van der Waals surface area contributed by atoms with Crippen LogP contribution >= 0.6 is 0 Å². The first-order valence-electron chi connectivity index (χ1n) is 7.28. The van der Waals surface area contributed by atoms with Gasteiger partial charge in [-0.15, -0.1) is 0 Å². The highest BCUT2D eigenvalue weighted by Crippen LogP contribution is 2.19. The number of carbonyl (C=O) groups is 1. The smallest absolute Gasteiger partial charge is 0.251 e. The van der Waals surface area contributed by atoms with Crippen molar-refractivity contribution >= 4 is 5.91 Å². The van der Waals surface area contributed by atoms with Crippen LogP contribution < -0.4 is 15.4 Å². The number of benzene rings is 1. The molecular formula is C16H24N2O2. The summed E-state index contributed by atoms with van der Waals surface area (Å²) < 4.78 is 5.25. The molecule has 1 aromatic rings. The van der Waals surface area contributed by atoms with Crippen molar-refractivity contribution in [3.05, 3.63) is 29.3 Å². The van der Waals surface area contributed by atoms with E-state index in [1.54, 1.807) is 13.2 Å². The van der Waals surface area contributed by atoms with E-state index in [9.17, 15) is 4.79 Å². The number of carbonyl (C=O) groups excluding carboxylic acids is 1. The van der Waals surface area contributed by atoms with Gasteiger partial charge >= 0.3 is 0 Å². The summed E-state index contributed by atoms with van der Waals surface area (Å²) in [6.45, 7) is 5.92. The van der Waals surface area contributed by atoms with Crippen LogP contribution in [0.3, 0.4) is 0 Å². The van der Waals surface area contributed by atoms with Crippen LogP contribution in [0.15, 0.2) is 18.2 Å². The predicted molar refractivity (Wildman–Crippen MR) is 80.3 cm³/mol. The zero-order chi connectivity index (χ0) is 14.5. The normalized spacial score (nSPS) is 22.4. The molecule has 0 bridgehead atoms. The first-order valence-corrected chi connectivity index (χ1v) is 7.28. The van der Waals surface area contributed by atoms with Gasteiger partial charge in [-0.3, -0.25) is 4.79 Å². The Kier molecular flexibility index (Phi) is 5.01. The lowest BCUT2D eigenvalue weighted by molar-refractivity contribution is 0.0943. The molecule has 1 fully saturated rings. The quantitative estimate of drug-likeness (QED) is 0.885. The summed E-state index contributed by atoms with van der Waals surface area (Å²) in [6.07, 6.45) is 2.45. The summed E-state index contributed by atoms with van der Waals surface area (Å²) in [5.41, 5.74) is 1.68. The molecule has 0 aromatic heterocycles. The summed E-state index contributed by atoms with van der Waals surface area (Å²) >= 11 is 0. The molecule has 2 rings (SSSR count). The number of methoxy groups -OCH3 is 1. The third kappa shape index (κ3) is 3.51. The lowest BCUT2D eigenvalue weighted by Crippen LogP contribution is -2.47. The van der Waals surface area contributed by atoms with Crippen molar-refractivity contribution < 1.29 is 9.53 Å². The molecule has 4 nitrogen and oxygen atoms in total. The van der Waals surface area contributed by atoms with Gasteiger partial charge in [0, 0.05) is 18.2 Å². The SMILES string of the molecule is COc1cc(C(=O)NCC2NCCCC2C)ccc1C. The van der Waals surface area contributed by atoms with Gasteiger partial charge in [0.25, 0.3) is 5.91 Å². The van der Waals surface area contributed by atoms with Gasteiger partial charge < -0.3 is 15.4 Å². The maximum absolute atomic E-state index is 12.2. The highest BCUT2D eigenvalue weighted by molar-refractivity contribution is 5.94. The highest BCUT2D eigenvalue weighted by atomic mass is 16.5. The van der Waals surface area contributed by atoms with E-state index in [1.807, 2.05) is 19.1 Å². The number of hydrogen-bond donors (Lipinski definition) is 2. The number of piperidine rings is 1. The Hall–Kier alpha value is -1.55. The average Bonchev–Trinajstić information content (AvgIpc) is 2.46. The Morgan fingerprint density at radius 2 is 2.30 bits per heavy atom. The van der Waals surface area contributed by atoms with Gasteiger partial charge in [0.1, 0.15) is 5.75 Å². The standard InChI is InChI=1S/C16H24N2O2/c1-11-5-4-8-17-14(11)10-18-16(19)13-7-6-12(2)15(9-13)20-3/h6-7,9,11,14,17H,4-5,8,10H2,1-3H3,(H,18,19). The minimum Gasteiger partial charge on any atom is -0.496 e. The van der Waals surface area contributed by atoms with Crippen molar-refractivity contribution in [3.63, 3.8) is 0 Å². The zero-order valence-corrected chi connectivity index (χ0v) is 12.5. The van der Waals surface area contributed by atoms with Crippen LogP contribution in [0.25, 0.3) is 0 Å². The molecule has 20 heavy (non-hydrogen) atoms. The number of amides is 1. The first kappa shape index (κ1) is 14.9. The fraction of sp³-hybridized carbons (Fsp3) is 0.562. The maximum atomic E-state index is 12.2. The largest absolute Gasteiger partial charge is 0.496 e. The molecule has 0 radical (unpaired) electrons. The molecular weight excluding hydrogens is 252 g/mol. The van der Waals surface area contributed by atoms with E-state index in [4.69, 9.17) is 4.74 Å². The number of aryl methyl sites for hydroxylation is 1. The lowest BCUT2D eigenvalue weighted by Gasteiger charge is -2.30. The number of hydrogen-bond acceptors (Lipinski definition) is 3. The van der Waals surface area contributed by atoms with Crippen molar-refractivity contribution in [2.24, 2.45) is 5.92 Å². The summed E-state index contributed by atoms with van der Waals surface area (Å²) in [5, 5.41) is 6.48. The Morgan fingerprint density at radius 1 is 1.50 bits per heavy atom. The van der Waals surface area contributed by atoms with Crippen LogP contribution in [-0.4, -0.2) is 32.1 Å². The van der Waals surface area contributed by atoms with Crippen LogP contribution in [0.5, 0.6) is 5.75 Å². The molecule has 2 unspecified atom stereocenters. The molecule has 1 heterocycles. The molecule has 2 atom stereocenters. The molecule has 1 aliphatic heterocycles. The fourth-order valence-corrected chi connectivity index (χ4v) is 2.65. The van der Waals surface area contributed by atoms with Gasteiger partial charge in [-0.25, -0.2) is 0 Å². The van der Waals surface area contributed by atoms with E-state index in [1.165, 1.54) is 12.8 Å². The Morgan fingerprint density at radius 3 is 3.00 bits per heavy atom. The fourth-order valence-electron chi connectivity index (χ4n) is 2.65. The zero-order valence-electron chi connectivity index (χ0n) is 12.5. The molecule has 1 aromatic carbocycles. The topological polar surface area (TPSA) is 50.4 Å². The summed E-state index contributed by atoms with van der Waals surface area (Å²) in [7, 11) is 1.62. The van der Waals surface area contributed by atoms with Crippen LogP contribution in [0.4, 0.5) is 0 Å². The first-order chi connectivity index (χ1) is 9.61. The van der Waals surface area contributed by atoms with Gasteiger partial charge in [0.05, 0.1) is 7.11 Å². The molecule has 0 saturated carbocycles. The molecule has 0 aliphatic carbocycles. The van der Waals surface area contributed by atoms with E-state index < -0.39 is 0 Å². The predicted octanol–water partition coefficient (Wildman–Crippen LogP) is 2.12.